The maximum absolute atomic E-state index is 12.7. The minimum atomic E-state index is -0.119. The zero-order chi connectivity index (χ0) is 20.1. The molecule has 0 bridgehead atoms. The number of nitrogens with zero attached hydrogens (tertiary/aromatic N) is 1. The molecule has 0 spiro atoms. The first-order valence-electron chi connectivity index (χ1n) is 9.62. The molecule has 1 aliphatic heterocycles. The molecule has 0 saturated heterocycles. The molecule has 0 fully saturated rings. The first-order valence-corrected chi connectivity index (χ1v) is 10.4. The lowest BCUT2D eigenvalue weighted by atomic mass is 9.99. The topological polar surface area (TPSA) is 50.8 Å². The van der Waals surface area contributed by atoms with Crippen LogP contribution in [0.25, 0.3) is 0 Å². The van der Waals surface area contributed by atoms with Crippen molar-refractivity contribution in [1.82, 2.24) is 10.2 Å². The van der Waals surface area contributed by atoms with Crippen molar-refractivity contribution < 1.29 is 14.3 Å². The van der Waals surface area contributed by atoms with E-state index < -0.39 is 0 Å². The molecule has 0 aromatic heterocycles. The van der Waals surface area contributed by atoms with Crippen LogP contribution in [0.1, 0.15) is 35.3 Å². The Morgan fingerprint density at radius 1 is 1.29 bits per heavy atom. The van der Waals surface area contributed by atoms with Crippen molar-refractivity contribution in [3.8, 4) is 11.5 Å². The summed E-state index contributed by atoms with van der Waals surface area (Å²) >= 11 is 3.47. The van der Waals surface area contributed by atoms with Crippen LogP contribution in [0.3, 0.4) is 0 Å². The molecule has 1 heterocycles. The van der Waals surface area contributed by atoms with E-state index in [-0.39, 0.29) is 11.9 Å². The van der Waals surface area contributed by atoms with Crippen molar-refractivity contribution in [2.24, 2.45) is 0 Å². The number of hydrogen-bond donors (Lipinski definition) is 1. The average Bonchev–Trinajstić information content (AvgIpc) is 2.72. The van der Waals surface area contributed by atoms with Gasteiger partial charge in [0.1, 0.15) is 0 Å². The fraction of sp³-hybridized carbons (Fsp3) is 0.409. The largest absolute Gasteiger partial charge is 0.493 e. The minimum Gasteiger partial charge on any atom is -0.493 e. The van der Waals surface area contributed by atoms with Gasteiger partial charge in [0.2, 0.25) is 0 Å². The summed E-state index contributed by atoms with van der Waals surface area (Å²) in [6.07, 6.45) is 1.05. The summed E-state index contributed by atoms with van der Waals surface area (Å²) in [5.74, 6) is 1.04. The molecule has 3 rings (SSSR count). The molecular weight excluding hydrogens is 420 g/mol. The smallest absolute Gasteiger partial charge is 0.251 e. The maximum Gasteiger partial charge on any atom is 0.251 e. The molecule has 150 valence electrons. The third-order valence-electron chi connectivity index (χ3n) is 5.12. The Morgan fingerprint density at radius 2 is 2.04 bits per heavy atom. The molecule has 1 amide bonds. The van der Waals surface area contributed by atoms with Crippen LogP contribution in [-0.2, 0) is 13.0 Å². The number of amides is 1. The van der Waals surface area contributed by atoms with Gasteiger partial charge in [0.25, 0.3) is 5.91 Å². The van der Waals surface area contributed by atoms with E-state index in [0.717, 1.165) is 19.5 Å². The highest BCUT2D eigenvalue weighted by Gasteiger charge is 2.21. The van der Waals surface area contributed by atoms with E-state index in [0.29, 0.717) is 34.7 Å². The molecule has 0 radical (unpaired) electrons. The zero-order valence-electron chi connectivity index (χ0n) is 16.6. The lowest BCUT2D eigenvalue weighted by molar-refractivity contribution is 0.0932. The van der Waals surface area contributed by atoms with Gasteiger partial charge in [-0.25, -0.2) is 0 Å². The Kier molecular flexibility index (Phi) is 6.97. The second kappa shape index (κ2) is 9.43. The zero-order valence-corrected chi connectivity index (χ0v) is 18.2. The van der Waals surface area contributed by atoms with Crippen LogP contribution in [0.15, 0.2) is 40.9 Å². The van der Waals surface area contributed by atoms with Gasteiger partial charge in [0.15, 0.2) is 11.5 Å². The fourth-order valence-electron chi connectivity index (χ4n) is 3.50. The van der Waals surface area contributed by atoms with Gasteiger partial charge in [-0.2, -0.15) is 0 Å². The molecule has 1 N–H and O–H groups in total. The Bertz CT molecular complexity index is 841. The Labute approximate surface area is 175 Å². The fourth-order valence-corrected chi connectivity index (χ4v) is 4.06. The van der Waals surface area contributed by atoms with E-state index >= 15 is 0 Å². The molecule has 0 aliphatic carbocycles. The summed E-state index contributed by atoms with van der Waals surface area (Å²) in [7, 11) is 1.57. The lowest BCUT2D eigenvalue weighted by Crippen LogP contribution is -2.44. The van der Waals surface area contributed by atoms with Crippen molar-refractivity contribution in [3.05, 3.63) is 57.6 Å². The molecule has 1 unspecified atom stereocenters. The van der Waals surface area contributed by atoms with Gasteiger partial charge in [0, 0.05) is 31.2 Å². The maximum atomic E-state index is 12.7. The molecule has 2 aromatic rings. The van der Waals surface area contributed by atoms with Gasteiger partial charge in [0.05, 0.1) is 18.2 Å². The second-order valence-electron chi connectivity index (χ2n) is 6.97. The standard InChI is InChI=1S/C22H27BrN2O3/c1-4-28-21-19(23)11-18(12-20(21)27-3)22(26)24-13-15(2)25-10-9-16-7-5-6-8-17(16)14-25/h5-8,11-12,15H,4,9-10,13-14H2,1-3H3,(H,24,26). The van der Waals surface area contributed by atoms with Crippen molar-refractivity contribution in [1.29, 1.82) is 0 Å². The number of nitrogens with one attached hydrogen (secondary N) is 1. The highest BCUT2D eigenvalue weighted by molar-refractivity contribution is 9.10. The van der Waals surface area contributed by atoms with E-state index in [2.05, 4.69) is 57.3 Å². The summed E-state index contributed by atoms with van der Waals surface area (Å²) < 4.78 is 11.7. The number of halogens is 1. The predicted octanol–water partition coefficient (Wildman–Crippen LogP) is 4.03. The normalized spacial score (nSPS) is 14.9. The molecule has 2 aromatic carbocycles. The molecule has 0 saturated carbocycles. The van der Waals surface area contributed by atoms with Gasteiger partial charge in [-0.05, 0) is 59.5 Å². The molecule has 1 aliphatic rings. The third kappa shape index (κ3) is 4.67. The van der Waals surface area contributed by atoms with Gasteiger partial charge in [-0.1, -0.05) is 24.3 Å². The number of ether oxygens (including phenoxy) is 2. The van der Waals surface area contributed by atoms with Gasteiger partial charge in [-0.15, -0.1) is 0 Å². The van der Waals surface area contributed by atoms with E-state index in [1.807, 2.05) is 6.92 Å². The van der Waals surface area contributed by atoms with Crippen LogP contribution in [0.2, 0.25) is 0 Å². The van der Waals surface area contributed by atoms with Crippen molar-refractivity contribution in [2.45, 2.75) is 32.9 Å². The lowest BCUT2D eigenvalue weighted by Gasteiger charge is -2.33. The van der Waals surface area contributed by atoms with Crippen LogP contribution in [-0.4, -0.2) is 43.7 Å². The third-order valence-corrected chi connectivity index (χ3v) is 5.71. The number of carbonyl (C=O) groups excluding carboxylic acids is 1. The molecule has 6 heteroatoms. The van der Waals surface area contributed by atoms with Gasteiger partial charge < -0.3 is 14.8 Å². The quantitative estimate of drug-likeness (QED) is 0.697. The second-order valence-corrected chi connectivity index (χ2v) is 7.83. The Hall–Kier alpha value is -2.05. The SMILES string of the molecule is CCOc1c(Br)cc(C(=O)NCC(C)N2CCc3ccccc3C2)cc1OC. The first-order chi connectivity index (χ1) is 13.5. The van der Waals surface area contributed by atoms with Crippen LogP contribution in [0, 0.1) is 0 Å². The van der Waals surface area contributed by atoms with Crippen LogP contribution < -0.4 is 14.8 Å². The van der Waals surface area contributed by atoms with Gasteiger partial charge >= 0.3 is 0 Å². The summed E-state index contributed by atoms with van der Waals surface area (Å²) in [6, 6.07) is 12.3. The number of fused-ring (bicyclic) bond motifs is 1. The summed E-state index contributed by atoms with van der Waals surface area (Å²) in [4.78, 5) is 15.1. The van der Waals surface area contributed by atoms with Crippen LogP contribution >= 0.6 is 15.9 Å². The molecule has 1 atom stereocenters. The van der Waals surface area contributed by atoms with Crippen molar-refractivity contribution >= 4 is 21.8 Å². The van der Waals surface area contributed by atoms with Crippen LogP contribution in [0.5, 0.6) is 11.5 Å². The van der Waals surface area contributed by atoms with E-state index in [1.165, 1.54) is 11.1 Å². The van der Waals surface area contributed by atoms with E-state index in [4.69, 9.17) is 9.47 Å². The Morgan fingerprint density at radius 3 is 2.75 bits per heavy atom. The number of methoxy groups -OCH3 is 1. The Balaban J connectivity index is 1.62. The average molecular weight is 447 g/mol. The highest BCUT2D eigenvalue weighted by atomic mass is 79.9. The summed E-state index contributed by atoms with van der Waals surface area (Å²) in [5, 5.41) is 3.05. The number of carbonyl (C=O) groups is 1. The summed E-state index contributed by atoms with van der Waals surface area (Å²) in [5.41, 5.74) is 3.36. The predicted molar refractivity (Wildman–Crippen MR) is 114 cm³/mol. The first kappa shape index (κ1) is 20.7. The molecule has 5 nitrogen and oxygen atoms in total. The van der Waals surface area contributed by atoms with E-state index in [1.54, 1.807) is 19.2 Å². The molecular formula is C22H27BrN2O3. The number of rotatable bonds is 7. The van der Waals surface area contributed by atoms with Crippen molar-refractivity contribution in [3.63, 3.8) is 0 Å². The monoisotopic (exact) mass is 446 g/mol. The van der Waals surface area contributed by atoms with E-state index in [9.17, 15) is 4.79 Å². The number of benzene rings is 2. The minimum absolute atomic E-state index is 0.119. The summed E-state index contributed by atoms with van der Waals surface area (Å²) in [6.45, 7) is 7.12. The van der Waals surface area contributed by atoms with Crippen molar-refractivity contribution in [2.75, 3.05) is 26.8 Å². The molecule has 28 heavy (non-hydrogen) atoms. The van der Waals surface area contributed by atoms with Crippen LogP contribution in [0.4, 0.5) is 0 Å². The van der Waals surface area contributed by atoms with Gasteiger partial charge in [-0.3, -0.25) is 9.69 Å². The highest BCUT2D eigenvalue weighted by Crippen LogP contribution is 2.36. The number of hydrogen-bond acceptors (Lipinski definition) is 4.